The Bertz CT molecular complexity index is 690. The van der Waals surface area contributed by atoms with E-state index in [0.29, 0.717) is 17.1 Å². The van der Waals surface area contributed by atoms with Crippen molar-refractivity contribution in [2.45, 2.75) is 16.7 Å². The number of rotatable bonds is 6. The van der Waals surface area contributed by atoms with Crippen molar-refractivity contribution in [3.05, 3.63) is 54.1 Å². The number of para-hydroxylation sites is 1. The van der Waals surface area contributed by atoms with Gasteiger partial charge in [0.1, 0.15) is 0 Å². The van der Waals surface area contributed by atoms with Gasteiger partial charge in [0.2, 0.25) is 0 Å². The minimum absolute atomic E-state index is 0.278. The lowest BCUT2D eigenvalue weighted by atomic mass is 10.2. The molecule has 0 aromatic heterocycles. The highest BCUT2D eigenvalue weighted by atomic mass is 32.2. The quantitative estimate of drug-likeness (QED) is 0.619. The second-order valence-electron chi connectivity index (χ2n) is 4.94. The van der Waals surface area contributed by atoms with Gasteiger partial charge in [-0.25, -0.2) is 4.79 Å². The standard InChI is InChI=1S/C17H20N2O2S2/c1-13-7-6-10-15(23(2)21)16(13)19-17(20)18-11-12-22-14-8-4-3-5-9-14/h3-10H,11-12H2,1-2H3,(H2,18,19,20)/t23-/m0/s1. The number of benzene rings is 2. The number of anilines is 1. The van der Waals surface area contributed by atoms with Crippen molar-refractivity contribution in [1.29, 1.82) is 0 Å². The van der Waals surface area contributed by atoms with Gasteiger partial charge in [0, 0.05) is 23.4 Å². The molecule has 2 aromatic rings. The van der Waals surface area contributed by atoms with Gasteiger partial charge >= 0.3 is 6.03 Å². The zero-order valence-corrected chi connectivity index (χ0v) is 14.8. The summed E-state index contributed by atoms with van der Waals surface area (Å²) in [6, 6.07) is 15.3. The summed E-state index contributed by atoms with van der Waals surface area (Å²) in [5.41, 5.74) is 1.52. The normalized spacial score (nSPS) is 11.7. The van der Waals surface area contributed by atoms with Gasteiger partial charge in [0.15, 0.2) is 0 Å². The summed E-state index contributed by atoms with van der Waals surface area (Å²) in [7, 11) is -1.15. The summed E-state index contributed by atoms with van der Waals surface area (Å²) < 4.78 is 11.8. The SMILES string of the molecule is Cc1cccc([S@](C)=O)c1NC(=O)NCCSc1ccccc1. The Hall–Kier alpha value is -1.79. The Balaban J connectivity index is 1.85. The maximum absolute atomic E-state index is 12.0. The van der Waals surface area contributed by atoms with Crippen molar-refractivity contribution in [1.82, 2.24) is 5.32 Å². The number of hydrogen-bond donors (Lipinski definition) is 2. The molecule has 0 spiro atoms. The second kappa shape index (κ2) is 8.74. The van der Waals surface area contributed by atoms with E-state index >= 15 is 0 Å². The summed E-state index contributed by atoms with van der Waals surface area (Å²) in [6.45, 7) is 2.44. The summed E-state index contributed by atoms with van der Waals surface area (Å²) in [5, 5.41) is 5.63. The van der Waals surface area contributed by atoms with Crippen LogP contribution in [0.3, 0.4) is 0 Å². The predicted molar refractivity (Wildman–Crippen MR) is 97.7 cm³/mol. The first-order valence-corrected chi connectivity index (χ1v) is 9.78. The van der Waals surface area contributed by atoms with Crippen LogP contribution in [0.4, 0.5) is 10.5 Å². The van der Waals surface area contributed by atoms with Gasteiger partial charge in [-0.3, -0.25) is 4.21 Å². The molecule has 2 N–H and O–H groups in total. The molecular formula is C17H20N2O2S2. The van der Waals surface area contributed by atoms with Gasteiger partial charge in [0.25, 0.3) is 0 Å². The topological polar surface area (TPSA) is 58.2 Å². The highest BCUT2D eigenvalue weighted by molar-refractivity contribution is 7.99. The van der Waals surface area contributed by atoms with E-state index in [2.05, 4.69) is 10.6 Å². The van der Waals surface area contributed by atoms with Gasteiger partial charge in [0.05, 0.1) is 21.4 Å². The minimum Gasteiger partial charge on any atom is -0.337 e. The van der Waals surface area contributed by atoms with Crippen molar-refractivity contribution in [3.63, 3.8) is 0 Å². The van der Waals surface area contributed by atoms with Crippen LogP contribution in [0.1, 0.15) is 5.56 Å². The Labute approximate surface area is 143 Å². The number of aryl methyl sites for hydroxylation is 1. The van der Waals surface area contributed by atoms with E-state index in [1.54, 1.807) is 24.1 Å². The van der Waals surface area contributed by atoms with Crippen LogP contribution >= 0.6 is 11.8 Å². The van der Waals surface area contributed by atoms with Crippen LogP contribution in [-0.4, -0.2) is 28.8 Å². The van der Waals surface area contributed by atoms with Crippen LogP contribution in [0.2, 0.25) is 0 Å². The number of carbonyl (C=O) groups excluding carboxylic acids is 1. The zero-order valence-electron chi connectivity index (χ0n) is 13.2. The Kier molecular flexibility index (Phi) is 6.67. The number of amides is 2. The minimum atomic E-state index is -1.15. The van der Waals surface area contributed by atoms with Crippen LogP contribution in [0.15, 0.2) is 58.3 Å². The van der Waals surface area contributed by atoms with Gasteiger partial charge in [-0.15, -0.1) is 11.8 Å². The van der Waals surface area contributed by atoms with Gasteiger partial charge in [-0.1, -0.05) is 30.3 Å². The molecule has 0 unspecified atom stereocenters. The molecule has 6 heteroatoms. The van der Waals surface area contributed by atoms with E-state index in [-0.39, 0.29) is 6.03 Å². The van der Waals surface area contributed by atoms with E-state index in [4.69, 9.17) is 0 Å². The molecule has 23 heavy (non-hydrogen) atoms. The van der Waals surface area contributed by atoms with Crippen molar-refractivity contribution in [2.24, 2.45) is 0 Å². The van der Waals surface area contributed by atoms with Crippen molar-refractivity contribution in [3.8, 4) is 0 Å². The highest BCUT2D eigenvalue weighted by Crippen LogP contribution is 2.23. The number of hydrogen-bond acceptors (Lipinski definition) is 3. The number of carbonyl (C=O) groups is 1. The maximum Gasteiger partial charge on any atom is 0.319 e. The Morgan fingerprint density at radius 3 is 2.57 bits per heavy atom. The number of thioether (sulfide) groups is 1. The molecule has 0 fully saturated rings. The first-order valence-electron chi connectivity index (χ1n) is 7.23. The average molecular weight is 348 g/mol. The van der Waals surface area contributed by atoms with Crippen LogP contribution in [0, 0.1) is 6.92 Å². The lowest BCUT2D eigenvalue weighted by Gasteiger charge is -2.13. The third kappa shape index (κ3) is 5.41. The molecule has 2 amide bonds. The fraction of sp³-hybridized carbons (Fsp3) is 0.235. The van der Waals surface area contributed by atoms with Crippen LogP contribution in [0.25, 0.3) is 0 Å². The first kappa shape index (κ1) is 17.6. The monoisotopic (exact) mass is 348 g/mol. The molecule has 0 bridgehead atoms. The Morgan fingerprint density at radius 2 is 1.87 bits per heavy atom. The molecule has 122 valence electrons. The fourth-order valence-corrected chi connectivity index (χ4v) is 3.61. The third-order valence-electron chi connectivity index (χ3n) is 3.18. The summed E-state index contributed by atoms with van der Waals surface area (Å²) in [5.74, 6) is 0.789. The molecule has 0 heterocycles. The maximum atomic E-state index is 12.0. The van der Waals surface area contributed by atoms with E-state index in [9.17, 15) is 9.00 Å². The summed E-state index contributed by atoms with van der Waals surface area (Å²) in [6.07, 6.45) is 1.61. The molecule has 0 aliphatic carbocycles. The molecule has 0 saturated carbocycles. The van der Waals surface area contributed by atoms with E-state index in [1.165, 1.54) is 4.90 Å². The van der Waals surface area contributed by atoms with Crippen molar-refractivity contribution < 1.29 is 9.00 Å². The number of nitrogens with one attached hydrogen (secondary N) is 2. The van der Waals surface area contributed by atoms with Crippen LogP contribution in [0.5, 0.6) is 0 Å². The van der Waals surface area contributed by atoms with Gasteiger partial charge in [-0.2, -0.15) is 0 Å². The van der Waals surface area contributed by atoms with Gasteiger partial charge in [-0.05, 0) is 30.7 Å². The average Bonchev–Trinajstić information content (AvgIpc) is 2.54. The van der Waals surface area contributed by atoms with E-state index in [0.717, 1.165) is 11.3 Å². The Morgan fingerprint density at radius 1 is 1.13 bits per heavy atom. The smallest absolute Gasteiger partial charge is 0.319 e. The summed E-state index contributed by atoms with van der Waals surface area (Å²) in [4.78, 5) is 13.8. The van der Waals surface area contributed by atoms with Crippen LogP contribution in [-0.2, 0) is 10.8 Å². The lowest BCUT2D eigenvalue weighted by molar-refractivity contribution is 0.252. The largest absolute Gasteiger partial charge is 0.337 e. The first-order chi connectivity index (χ1) is 11.1. The summed E-state index contributed by atoms with van der Waals surface area (Å²) >= 11 is 1.69. The number of urea groups is 1. The fourth-order valence-electron chi connectivity index (χ4n) is 2.05. The van der Waals surface area contributed by atoms with E-state index < -0.39 is 10.8 Å². The molecule has 1 atom stereocenters. The molecule has 0 aliphatic heterocycles. The second-order valence-corrected chi connectivity index (χ2v) is 7.46. The third-order valence-corrected chi connectivity index (χ3v) is 5.16. The molecular weight excluding hydrogens is 328 g/mol. The highest BCUT2D eigenvalue weighted by Gasteiger charge is 2.11. The van der Waals surface area contributed by atoms with Gasteiger partial charge < -0.3 is 10.6 Å². The molecule has 0 saturated heterocycles. The molecule has 2 aromatic carbocycles. The van der Waals surface area contributed by atoms with Crippen LogP contribution < -0.4 is 10.6 Å². The van der Waals surface area contributed by atoms with Crippen molar-refractivity contribution >= 4 is 34.3 Å². The molecule has 0 aliphatic rings. The lowest BCUT2D eigenvalue weighted by Crippen LogP contribution is -2.31. The predicted octanol–water partition coefficient (Wildman–Crippen LogP) is 3.65. The van der Waals surface area contributed by atoms with Crippen molar-refractivity contribution in [2.75, 3.05) is 23.9 Å². The molecule has 4 nitrogen and oxygen atoms in total. The zero-order chi connectivity index (χ0) is 16.7. The van der Waals surface area contributed by atoms with E-state index in [1.807, 2.05) is 49.4 Å². The molecule has 2 rings (SSSR count). The molecule has 0 radical (unpaired) electrons.